The number of likely N-dealkylation sites (N-methyl/N-ethyl adjacent to an activating group) is 1. The van der Waals surface area contributed by atoms with Crippen molar-refractivity contribution >= 4 is 5.91 Å². The predicted molar refractivity (Wildman–Crippen MR) is 127 cm³/mol. The van der Waals surface area contributed by atoms with Crippen LogP contribution in [0, 0.1) is 0 Å². The molecule has 7 heteroatoms. The van der Waals surface area contributed by atoms with Gasteiger partial charge in [0.2, 0.25) is 0 Å². The van der Waals surface area contributed by atoms with E-state index in [-0.39, 0.29) is 17.4 Å². The van der Waals surface area contributed by atoms with Gasteiger partial charge in [0.1, 0.15) is 11.5 Å². The summed E-state index contributed by atoms with van der Waals surface area (Å²) in [5, 5.41) is 3.26. The molecule has 2 aromatic carbocycles. The highest BCUT2D eigenvalue weighted by molar-refractivity contribution is 5.97. The Hall–Kier alpha value is -2.93. The number of likely N-dealkylation sites (tertiary alicyclic amines) is 1. The molecule has 33 heavy (non-hydrogen) atoms. The van der Waals surface area contributed by atoms with E-state index in [4.69, 9.17) is 18.9 Å². The van der Waals surface area contributed by atoms with Crippen molar-refractivity contribution in [3.05, 3.63) is 47.5 Å². The van der Waals surface area contributed by atoms with Gasteiger partial charge in [-0.2, -0.15) is 0 Å². The Labute approximate surface area is 196 Å². The van der Waals surface area contributed by atoms with Gasteiger partial charge >= 0.3 is 0 Å². The molecule has 1 N–H and O–H groups in total. The Bertz CT molecular complexity index is 1010. The second kappa shape index (κ2) is 9.51. The van der Waals surface area contributed by atoms with Crippen LogP contribution in [0.5, 0.6) is 23.0 Å². The number of nitrogens with one attached hydrogen (secondary N) is 1. The van der Waals surface area contributed by atoms with Crippen LogP contribution in [0.15, 0.2) is 36.4 Å². The van der Waals surface area contributed by atoms with Crippen LogP contribution in [0.2, 0.25) is 0 Å². The first-order valence-electron chi connectivity index (χ1n) is 11.4. The maximum absolute atomic E-state index is 13.1. The predicted octanol–water partition coefficient (Wildman–Crippen LogP) is 3.65. The number of nitrogens with zero attached hydrogens (tertiary/aromatic N) is 1. The normalized spacial score (nSPS) is 24.6. The summed E-state index contributed by atoms with van der Waals surface area (Å²) >= 11 is 0. The minimum Gasteiger partial charge on any atom is -0.497 e. The molecule has 1 saturated heterocycles. The van der Waals surface area contributed by atoms with Crippen LogP contribution >= 0.6 is 0 Å². The van der Waals surface area contributed by atoms with Gasteiger partial charge in [-0.25, -0.2) is 0 Å². The second-order valence-electron chi connectivity index (χ2n) is 8.98. The fraction of sp³-hybridized carbons (Fsp3) is 0.500. The van der Waals surface area contributed by atoms with E-state index in [1.807, 2.05) is 6.07 Å². The highest BCUT2D eigenvalue weighted by Gasteiger charge is 2.50. The van der Waals surface area contributed by atoms with E-state index in [2.05, 4.69) is 29.4 Å². The zero-order valence-corrected chi connectivity index (χ0v) is 20.1. The minimum atomic E-state index is -0.112. The molecule has 2 aromatic rings. The highest BCUT2D eigenvalue weighted by Crippen LogP contribution is 2.50. The third kappa shape index (κ3) is 4.22. The molecule has 1 amide bonds. The maximum atomic E-state index is 13.1. The Morgan fingerprint density at radius 2 is 1.70 bits per heavy atom. The number of amides is 1. The molecule has 178 valence electrons. The van der Waals surface area contributed by atoms with Gasteiger partial charge in [-0.3, -0.25) is 4.79 Å². The van der Waals surface area contributed by atoms with Crippen molar-refractivity contribution in [2.75, 3.05) is 42.0 Å². The number of ether oxygens (including phenoxy) is 4. The molecule has 7 nitrogen and oxygen atoms in total. The van der Waals surface area contributed by atoms with Crippen molar-refractivity contribution in [1.29, 1.82) is 0 Å². The van der Waals surface area contributed by atoms with Crippen molar-refractivity contribution in [3.8, 4) is 23.0 Å². The lowest BCUT2D eigenvalue weighted by Gasteiger charge is -2.45. The molecule has 2 aliphatic rings. The SMILES string of the molecule is COc1ccc(C(=O)N[C@@H]2CC[C@@]3(c4ccc(OC)c(OC)c4)CCN(C)[C@H]3C2)c(OC)c1. The van der Waals surface area contributed by atoms with Gasteiger partial charge in [-0.05, 0) is 69.1 Å². The fourth-order valence-corrected chi connectivity index (χ4v) is 5.64. The lowest BCUT2D eigenvalue weighted by atomic mass is 9.65. The van der Waals surface area contributed by atoms with Crippen LogP contribution in [0.1, 0.15) is 41.6 Å². The van der Waals surface area contributed by atoms with Crippen molar-refractivity contribution in [2.24, 2.45) is 0 Å². The molecule has 1 saturated carbocycles. The molecule has 2 fully saturated rings. The molecule has 4 rings (SSSR count). The number of benzene rings is 2. The lowest BCUT2D eigenvalue weighted by Crippen LogP contribution is -2.51. The van der Waals surface area contributed by atoms with Gasteiger partial charge < -0.3 is 29.2 Å². The quantitative estimate of drug-likeness (QED) is 0.689. The van der Waals surface area contributed by atoms with E-state index in [9.17, 15) is 4.79 Å². The van der Waals surface area contributed by atoms with Crippen LogP contribution in [-0.2, 0) is 5.41 Å². The topological polar surface area (TPSA) is 69.3 Å². The van der Waals surface area contributed by atoms with E-state index in [0.717, 1.165) is 43.7 Å². The number of carbonyl (C=O) groups is 1. The van der Waals surface area contributed by atoms with Crippen LogP contribution in [0.4, 0.5) is 0 Å². The van der Waals surface area contributed by atoms with Gasteiger partial charge in [0.05, 0.1) is 34.0 Å². The van der Waals surface area contributed by atoms with Gasteiger partial charge in [-0.15, -0.1) is 0 Å². The van der Waals surface area contributed by atoms with E-state index in [0.29, 0.717) is 23.1 Å². The number of hydrogen-bond donors (Lipinski definition) is 1. The van der Waals surface area contributed by atoms with Gasteiger partial charge in [0, 0.05) is 23.6 Å². The van der Waals surface area contributed by atoms with Crippen molar-refractivity contribution < 1.29 is 23.7 Å². The first kappa shape index (κ1) is 23.2. The summed E-state index contributed by atoms with van der Waals surface area (Å²) in [7, 11) is 8.69. The number of fused-ring (bicyclic) bond motifs is 1. The summed E-state index contributed by atoms with van der Waals surface area (Å²) in [6.07, 6.45) is 3.91. The van der Waals surface area contributed by atoms with E-state index in [1.54, 1.807) is 46.6 Å². The Morgan fingerprint density at radius 1 is 0.939 bits per heavy atom. The van der Waals surface area contributed by atoms with Gasteiger partial charge in [0.25, 0.3) is 5.91 Å². The molecule has 0 unspecified atom stereocenters. The van der Waals surface area contributed by atoms with Crippen LogP contribution < -0.4 is 24.3 Å². The van der Waals surface area contributed by atoms with Crippen molar-refractivity contribution in [1.82, 2.24) is 10.2 Å². The summed E-state index contributed by atoms with van der Waals surface area (Å²) in [5.74, 6) is 2.57. The average Bonchev–Trinajstić information content (AvgIpc) is 3.19. The third-order valence-electron chi connectivity index (χ3n) is 7.47. The number of carbonyl (C=O) groups excluding carboxylic acids is 1. The summed E-state index contributed by atoms with van der Waals surface area (Å²) in [6, 6.07) is 12.0. The molecule has 0 bridgehead atoms. The number of methoxy groups -OCH3 is 4. The lowest BCUT2D eigenvalue weighted by molar-refractivity contribution is 0.0886. The third-order valence-corrected chi connectivity index (χ3v) is 7.47. The van der Waals surface area contributed by atoms with E-state index in [1.165, 1.54) is 5.56 Å². The standard InChI is InChI=1S/C26H34N2O5/c1-28-13-12-26(17-6-9-21(31-3)23(14-17)33-5)11-10-18(15-24(26)28)27-25(29)20-8-7-19(30-2)16-22(20)32-4/h6-9,14,16,18,24H,10-13,15H2,1-5H3,(H,27,29)/t18-,24+,26+/m1/s1. The van der Waals surface area contributed by atoms with Crippen molar-refractivity contribution in [3.63, 3.8) is 0 Å². The largest absolute Gasteiger partial charge is 0.497 e. The monoisotopic (exact) mass is 454 g/mol. The average molecular weight is 455 g/mol. The summed E-state index contributed by atoms with van der Waals surface area (Å²) in [6.45, 7) is 1.03. The Kier molecular flexibility index (Phi) is 6.70. The van der Waals surface area contributed by atoms with Crippen molar-refractivity contribution in [2.45, 2.75) is 43.2 Å². The molecule has 0 spiro atoms. The highest BCUT2D eigenvalue weighted by atomic mass is 16.5. The zero-order chi connectivity index (χ0) is 23.6. The van der Waals surface area contributed by atoms with Gasteiger partial charge in [-0.1, -0.05) is 6.07 Å². The van der Waals surface area contributed by atoms with E-state index < -0.39 is 0 Å². The van der Waals surface area contributed by atoms with Crippen LogP contribution in [-0.4, -0.2) is 64.9 Å². The van der Waals surface area contributed by atoms with E-state index >= 15 is 0 Å². The zero-order valence-electron chi connectivity index (χ0n) is 20.1. The number of rotatable bonds is 7. The molecular weight excluding hydrogens is 420 g/mol. The van der Waals surface area contributed by atoms with Crippen LogP contribution in [0.3, 0.4) is 0 Å². The molecule has 3 atom stereocenters. The Morgan fingerprint density at radius 3 is 2.39 bits per heavy atom. The Balaban J connectivity index is 1.54. The smallest absolute Gasteiger partial charge is 0.255 e. The number of hydrogen-bond acceptors (Lipinski definition) is 6. The summed E-state index contributed by atoms with van der Waals surface area (Å²) < 4.78 is 21.7. The second-order valence-corrected chi connectivity index (χ2v) is 8.98. The minimum absolute atomic E-state index is 0.0489. The maximum Gasteiger partial charge on any atom is 0.255 e. The molecule has 1 aliphatic carbocycles. The molecule has 1 aliphatic heterocycles. The molecular formula is C26H34N2O5. The van der Waals surface area contributed by atoms with Crippen LogP contribution in [0.25, 0.3) is 0 Å². The molecule has 1 heterocycles. The first-order chi connectivity index (χ1) is 15.9. The molecule has 0 radical (unpaired) electrons. The first-order valence-corrected chi connectivity index (χ1v) is 11.4. The summed E-state index contributed by atoms with van der Waals surface area (Å²) in [5.41, 5.74) is 1.86. The summed E-state index contributed by atoms with van der Waals surface area (Å²) in [4.78, 5) is 15.5. The fourth-order valence-electron chi connectivity index (χ4n) is 5.64. The van der Waals surface area contributed by atoms with Gasteiger partial charge in [0.15, 0.2) is 11.5 Å². The molecule has 0 aromatic heterocycles.